The van der Waals surface area contributed by atoms with Crippen molar-refractivity contribution >= 4 is 11.6 Å². The number of carbonyl (C=O) groups is 1. The lowest BCUT2D eigenvalue weighted by Gasteiger charge is -2.05. The van der Waals surface area contributed by atoms with Gasteiger partial charge in [-0.3, -0.25) is 4.79 Å². The Hall–Kier alpha value is -2.10. The van der Waals surface area contributed by atoms with Gasteiger partial charge in [0.15, 0.2) is 0 Å². The van der Waals surface area contributed by atoms with E-state index >= 15 is 0 Å². The molecule has 0 bridgehead atoms. The van der Waals surface area contributed by atoms with Crippen molar-refractivity contribution in [3.8, 4) is 0 Å². The fraction of sp³-hybridized carbons (Fsp3) is 0.231. The number of hydrogen-bond acceptors (Lipinski definition) is 3. The number of carbonyl (C=O) groups excluding carboxylic acids is 1. The molecular formula is C13H14N2O2. The Balaban J connectivity index is 1.98. The quantitative estimate of drug-likeness (QED) is 0.877. The van der Waals surface area contributed by atoms with Crippen LogP contribution in [0.1, 0.15) is 18.2 Å². The highest BCUT2D eigenvalue weighted by atomic mass is 16.5. The molecule has 0 aliphatic heterocycles. The van der Waals surface area contributed by atoms with Gasteiger partial charge in [-0.15, -0.1) is 0 Å². The minimum Gasteiger partial charge on any atom is -0.364 e. The van der Waals surface area contributed by atoms with Crippen molar-refractivity contribution in [2.75, 3.05) is 5.32 Å². The van der Waals surface area contributed by atoms with E-state index in [1.54, 1.807) is 6.07 Å². The van der Waals surface area contributed by atoms with Crippen LogP contribution in [0.4, 0.5) is 5.69 Å². The zero-order chi connectivity index (χ0) is 12.1. The summed E-state index contributed by atoms with van der Waals surface area (Å²) in [5, 5.41) is 6.53. The molecule has 1 N–H and O–H groups in total. The van der Waals surface area contributed by atoms with Gasteiger partial charge in [0.25, 0.3) is 0 Å². The van der Waals surface area contributed by atoms with Gasteiger partial charge in [-0.2, -0.15) is 0 Å². The molecule has 1 heterocycles. The molecule has 1 amide bonds. The van der Waals surface area contributed by atoms with E-state index in [1.807, 2.05) is 24.3 Å². The van der Waals surface area contributed by atoms with E-state index in [4.69, 9.17) is 0 Å². The van der Waals surface area contributed by atoms with Crippen molar-refractivity contribution in [3.05, 3.63) is 47.9 Å². The maximum absolute atomic E-state index is 11.7. The Bertz CT molecular complexity index is 492. The first-order valence-corrected chi connectivity index (χ1v) is 5.56. The predicted octanol–water partition coefficient (Wildman–Crippen LogP) is 2.42. The van der Waals surface area contributed by atoms with E-state index in [0.717, 1.165) is 12.1 Å². The van der Waals surface area contributed by atoms with Crippen molar-refractivity contribution in [1.82, 2.24) is 5.16 Å². The second-order valence-electron chi connectivity index (χ2n) is 3.77. The third-order valence-electron chi connectivity index (χ3n) is 2.45. The summed E-state index contributed by atoms with van der Waals surface area (Å²) < 4.78 is 4.67. The number of aryl methyl sites for hydroxylation is 1. The first-order chi connectivity index (χ1) is 8.28. The third kappa shape index (κ3) is 3.17. The molecule has 0 atom stereocenters. The van der Waals surface area contributed by atoms with E-state index < -0.39 is 0 Å². The Morgan fingerprint density at radius 2 is 2.29 bits per heavy atom. The Morgan fingerprint density at radius 3 is 3.00 bits per heavy atom. The van der Waals surface area contributed by atoms with Crippen molar-refractivity contribution in [1.29, 1.82) is 0 Å². The van der Waals surface area contributed by atoms with E-state index in [-0.39, 0.29) is 12.3 Å². The molecule has 0 radical (unpaired) electrons. The third-order valence-corrected chi connectivity index (χ3v) is 2.45. The predicted molar refractivity (Wildman–Crippen MR) is 64.7 cm³/mol. The highest BCUT2D eigenvalue weighted by Gasteiger charge is 2.06. The first kappa shape index (κ1) is 11.4. The normalized spacial score (nSPS) is 10.2. The molecule has 1 aromatic heterocycles. The van der Waals surface area contributed by atoms with Crippen molar-refractivity contribution in [2.24, 2.45) is 0 Å². The molecule has 2 aromatic rings. The number of aromatic nitrogens is 1. The minimum absolute atomic E-state index is 0.0906. The zero-order valence-electron chi connectivity index (χ0n) is 9.64. The summed E-state index contributed by atoms with van der Waals surface area (Å²) in [6, 6.07) is 9.50. The number of anilines is 1. The van der Waals surface area contributed by atoms with Crippen LogP contribution in [0.3, 0.4) is 0 Å². The SMILES string of the molecule is CCc1cccc(NC(=O)Cc2ccon2)c1. The Labute approximate surface area is 99.6 Å². The van der Waals surface area contributed by atoms with Gasteiger partial charge in [0.2, 0.25) is 5.91 Å². The average Bonchev–Trinajstić information content (AvgIpc) is 2.82. The molecule has 17 heavy (non-hydrogen) atoms. The number of benzene rings is 1. The van der Waals surface area contributed by atoms with Crippen molar-refractivity contribution < 1.29 is 9.32 Å². The van der Waals surface area contributed by atoms with Gasteiger partial charge in [-0.25, -0.2) is 0 Å². The Morgan fingerprint density at radius 1 is 1.41 bits per heavy atom. The van der Waals surface area contributed by atoms with E-state index in [2.05, 4.69) is 21.9 Å². The van der Waals surface area contributed by atoms with Crippen LogP contribution in [0.2, 0.25) is 0 Å². The summed E-state index contributed by atoms with van der Waals surface area (Å²) in [6.45, 7) is 2.08. The summed E-state index contributed by atoms with van der Waals surface area (Å²) in [4.78, 5) is 11.7. The molecular weight excluding hydrogens is 216 g/mol. The van der Waals surface area contributed by atoms with Crippen LogP contribution in [0.25, 0.3) is 0 Å². The largest absolute Gasteiger partial charge is 0.364 e. The van der Waals surface area contributed by atoms with Crippen LogP contribution in [0.15, 0.2) is 41.1 Å². The number of amides is 1. The molecule has 0 saturated carbocycles. The van der Waals surface area contributed by atoms with Crippen LogP contribution in [-0.2, 0) is 17.6 Å². The smallest absolute Gasteiger partial charge is 0.230 e. The standard InChI is InChI=1S/C13H14N2O2/c1-2-10-4-3-5-11(8-10)14-13(16)9-12-6-7-17-15-12/h3-8H,2,9H2,1H3,(H,14,16). The van der Waals surface area contributed by atoms with E-state index in [1.165, 1.54) is 11.8 Å². The molecule has 0 aliphatic carbocycles. The molecule has 0 fully saturated rings. The highest BCUT2D eigenvalue weighted by Crippen LogP contribution is 2.11. The van der Waals surface area contributed by atoms with Gasteiger partial charge < -0.3 is 9.84 Å². The van der Waals surface area contributed by atoms with Crippen LogP contribution >= 0.6 is 0 Å². The lowest BCUT2D eigenvalue weighted by Crippen LogP contribution is -2.14. The molecule has 0 saturated heterocycles. The molecule has 2 rings (SSSR count). The first-order valence-electron chi connectivity index (χ1n) is 5.56. The van der Waals surface area contributed by atoms with E-state index in [9.17, 15) is 4.79 Å². The molecule has 4 heteroatoms. The van der Waals surface area contributed by atoms with Gasteiger partial charge in [-0.05, 0) is 24.1 Å². The molecule has 88 valence electrons. The fourth-order valence-electron chi connectivity index (χ4n) is 1.57. The van der Waals surface area contributed by atoms with Crippen molar-refractivity contribution in [2.45, 2.75) is 19.8 Å². The number of nitrogens with zero attached hydrogens (tertiary/aromatic N) is 1. The van der Waals surface area contributed by atoms with Crippen LogP contribution in [0, 0.1) is 0 Å². The second kappa shape index (κ2) is 5.30. The van der Waals surface area contributed by atoms with Gasteiger partial charge in [-0.1, -0.05) is 24.2 Å². The van der Waals surface area contributed by atoms with E-state index in [0.29, 0.717) is 5.69 Å². The van der Waals surface area contributed by atoms with Gasteiger partial charge in [0.1, 0.15) is 6.26 Å². The molecule has 0 unspecified atom stereocenters. The average molecular weight is 230 g/mol. The Kier molecular flexibility index (Phi) is 3.55. The van der Waals surface area contributed by atoms with Gasteiger partial charge in [0.05, 0.1) is 12.1 Å². The van der Waals surface area contributed by atoms with Gasteiger partial charge >= 0.3 is 0 Å². The summed E-state index contributed by atoms with van der Waals surface area (Å²) >= 11 is 0. The van der Waals surface area contributed by atoms with Crippen LogP contribution < -0.4 is 5.32 Å². The van der Waals surface area contributed by atoms with Crippen LogP contribution in [0.5, 0.6) is 0 Å². The fourth-order valence-corrected chi connectivity index (χ4v) is 1.57. The molecule has 1 aromatic carbocycles. The monoisotopic (exact) mass is 230 g/mol. The maximum Gasteiger partial charge on any atom is 0.230 e. The van der Waals surface area contributed by atoms with Crippen molar-refractivity contribution in [3.63, 3.8) is 0 Å². The molecule has 0 spiro atoms. The number of hydrogen-bond donors (Lipinski definition) is 1. The highest BCUT2D eigenvalue weighted by molar-refractivity contribution is 5.92. The lowest BCUT2D eigenvalue weighted by atomic mass is 10.1. The summed E-state index contributed by atoms with van der Waals surface area (Å²) in [5.74, 6) is -0.0906. The lowest BCUT2D eigenvalue weighted by molar-refractivity contribution is -0.115. The number of rotatable bonds is 4. The zero-order valence-corrected chi connectivity index (χ0v) is 9.64. The number of nitrogens with one attached hydrogen (secondary N) is 1. The maximum atomic E-state index is 11.7. The second-order valence-corrected chi connectivity index (χ2v) is 3.77. The van der Waals surface area contributed by atoms with Gasteiger partial charge in [0, 0.05) is 11.8 Å². The summed E-state index contributed by atoms with van der Waals surface area (Å²) in [6.07, 6.45) is 2.64. The summed E-state index contributed by atoms with van der Waals surface area (Å²) in [5.41, 5.74) is 2.65. The molecule has 0 aliphatic rings. The van der Waals surface area contributed by atoms with Crippen LogP contribution in [-0.4, -0.2) is 11.1 Å². The summed E-state index contributed by atoms with van der Waals surface area (Å²) in [7, 11) is 0. The minimum atomic E-state index is -0.0906. The molecule has 4 nitrogen and oxygen atoms in total. The topological polar surface area (TPSA) is 55.1 Å².